The second-order valence-corrected chi connectivity index (χ2v) is 7.55. The summed E-state index contributed by atoms with van der Waals surface area (Å²) in [5.41, 5.74) is 3.06. The molecule has 0 bridgehead atoms. The van der Waals surface area contributed by atoms with E-state index in [1.807, 2.05) is 37.3 Å². The maximum Gasteiger partial charge on any atom is 0.123 e. The summed E-state index contributed by atoms with van der Waals surface area (Å²) >= 11 is 0. The predicted molar refractivity (Wildman–Crippen MR) is 105 cm³/mol. The van der Waals surface area contributed by atoms with Crippen LogP contribution < -0.4 is 4.74 Å². The smallest absolute Gasteiger partial charge is 0.123 e. The Labute approximate surface area is 152 Å². The highest BCUT2D eigenvalue weighted by Crippen LogP contribution is 2.27. The second kappa shape index (κ2) is 9.60. The van der Waals surface area contributed by atoms with Crippen LogP contribution in [0.2, 0.25) is 0 Å². The highest BCUT2D eigenvalue weighted by atomic mass is 19.1. The number of aryl methyl sites for hydroxylation is 1. The SMILES string of the molecule is Cc1cc(F)ccc1-c1cccc(OCCC(C)CCCC(C)C)c1. The first-order valence-corrected chi connectivity index (χ1v) is 9.45. The molecule has 1 nitrogen and oxygen atoms in total. The van der Waals surface area contributed by atoms with Crippen molar-refractivity contribution in [2.75, 3.05) is 6.61 Å². The number of hydrogen-bond acceptors (Lipinski definition) is 1. The largest absolute Gasteiger partial charge is 0.494 e. The van der Waals surface area contributed by atoms with Crippen molar-refractivity contribution < 1.29 is 9.13 Å². The maximum atomic E-state index is 13.3. The van der Waals surface area contributed by atoms with Crippen molar-refractivity contribution in [2.45, 2.75) is 53.4 Å². The van der Waals surface area contributed by atoms with Gasteiger partial charge in [0.05, 0.1) is 6.61 Å². The first-order valence-electron chi connectivity index (χ1n) is 9.45. The first-order chi connectivity index (χ1) is 12.0. The average molecular weight is 342 g/mol. The third-order valence-corrected chi connectivity index (χ3v) is 4.69. The van der Waals surface area contributed by atoms with Crippen LogP contribution in [-0.4, -0.2) is 6.61 Å². The van der Waals surface area contributed by atoms with Crippen molar-refractivity contribution in [1.82, 2.24) is 0 Å². The van der Waals surface area contributed by atoms with Gasteiger partial charge in [-0.3, -0.25) is 0 Å². The van der Waals surface area contributed by atoms with E-state index in [9.17, 15) is 4.39 Å². The van der Waals surface area contributed by atoms with Gasteiger partial charge >= 0.3 is 0 Å². The molecule has 0 saturated heterocycles. The molecule has 0 aliphatic carbocycles. The lowest BCUT2D eigenvalue weighted by atomic mass is 9.98. The molecule has 136 valence electrons. The fourth-order valence-electron chi connectivity index (χ4n) is 3.10. The molecule has 0 heterocycles. The molecule has 1 atom stereocenters. The van der Waals surface area contributed by atoms with Crippen LogP contribution in [0.4, 0.5) is 4.39 Å². The highest BCUT2D eigenvalue weighted by molar-refractivity contribution is 5.68. The summed E-state index contributed by atoms with van der Waals surface area (Å²) in [6.45, 7) is 9.55. The van der Waals surface area contributed by atoms with Gasteiger partial charge in [-0.2, -0.15) is 0 Å². The Morgan fingerprint density at radius 2 is 1.76 bits per heavy atom. The van der Waals surface area contributed by atoms with Gasteiger partial charge in [-0.15, -0.1) is 0 Å². The van der Waals surface area contributed by atoms with Crippen LogP contribution in [-0.2, 0) is 0 Å². The molecule has 0 saturated carbocycles. The molecule has 0 N–H and O–H groups in total. The van der Waals surface area contributed by atoms with Crippen molar-refractivity contribution in [3.63, 3.8) is 0 Å². The molecule has 2 heteroatoms. The van der Waals surface area contributed by atoms with Gasteiger partial charge in [0.15, 0.2) is 0 Å². The molecule has 2 rings (SSSR count). The molecule has 0 spiro atoms. The monoisotopic (exact) mass is 342 g/mol. The summed E-state index contributed by atoms with van der Waals surface area (Å²) in [5.74, 6) is 2.18. The van der Waals surface area contributed by atoms with Gasteiger partial charge in [0, 0.05) is 0 Å². The molecule has 2 aromatic rings. The maximum absolute atomic E-state index is 13.3. The number of ether oxygens (including phenoxy) is 1. The van der Waals surface area contributed by atoms with Crippen molar-refractivity contribution in [1.29, 1.82) is 0 Å². The molecule has 0 aliphatic heterocycles. The quantitative estimate of drug-likeness (QED) is 0.475. The fourth-order valence-corrected chi connectivity index (χ4v) is 3.10. The van der Waals surface area contributed by atoms with Crippen molar-refractivity contribution in [3.8, 4) is 16.9 Å². The number of hydrogen-bond donors (Lipinski definition) is 0. The Kier molecular flexibility index (Phi) is 7.49. The van der Waals surface area contributed by atoms with Crippen LogP contribution in [0.25, 0.3) is 11.1 Å². The molecule has 1 unspecified atom stereocenters. The summed E-state index contributed by atoms with van der Waals surface area (Å²) in [7, 11) is 0. The van der Waals surface area contributed by atoms with Crippen LogP contribution in [0.15, 0.2) is 42.5 Å². The molecular formula is C23H31FO. The third kappa shape index (κ3) is 6.53. The van der Waals surface area contributed by atoms with Crippen LogP contribution in [0.3, 0.4) is 0 Å². The van der Waals surface area contributed by atoms with Gasteiger partial charge in [-0.25, -0.2) is 4.39 Å². The second-order valence-electron chi connectivity index (χ2n) is 7.55. The molecule has 25 heavy (non-hydrogen) atoms. The zero-order valence-corrected chi connectivity index (χ0v) is 16.0. The Morgan fingerprint density at radius 1 is 0.960 bits per heavy atom. The fraction of sp³-hybridized carbons (Fsp3) is 0.478. The number of rotatable bonds is 9. The zero-order valence-electron chi connectivity index (χ0n) is 16.0. The normalized spacial score (nSPS) is 12.4. The van der Waals surface area contributed by atoms with Crippen LogP contribution in [0.5, 0.6) is 5.75 Å². The lowest BCUT2D eigenvalue weighted by Gasteiger charge is -2.14. The van der Waals surface area contributed by atoms with E-state index in [1.54, 1.807) is 6.07 Å². The van der Waals surface area contributed by atoms with E-state index in [0.29, 0.717) is 5.92 Å². The Hall–Kier alpha value is -1.83. The van der Waals surface area contributed by atoms with Gasteiger partial charge in [0.25, 0.3) is 0 Å². The minimum absolute atomic E-state index is 0.194. The van der Waals surface area contributed by atoms with Gasteiger partial charge in [-0.1, -0.05) is 58.2 Å². The van der Waals surface area contributed by atoms with Crippen LogP contribution in [0.1, 0.15) is 52.0 Å². The lowest BCUT2D eigenvalue weighted by Crippen LogP contribution is -2.05. The molecular weight excluding hydrogens is 311 g/mol. The van der Waals surface area contributed by atoms with Gasteiger partial charge in [-0.05, 0) is 66.1 Å². The summed E-state index contributed by atoms with van der Waals surface area (Å²) in [4.78, 5) is 0. The number of halogens is 1. The molecule has 0 aliphatic rings. The van der Waals surface area contributed by atoms with Crippen molar-refractivity contribution in [2.24, 2.45) is 11.8 Å². The molecule has 0 amide bonds. The minimum atomic E-state index is -0.194. The van der Waals surface area contributed by atoms with E-state index >= 15 is 0 Å². The summed E-state index contributed by atoms with van der Waals surface area (Å²) in [6, 6.07) is 13.0. The molecule has 0 fully saturated rings. The van der Waals surface area contributed by atoms with E-state index in [0.717, 1.165) is 41.4 Å². The standard InChI is InChI=1S/C23H31FO/c1-17(2)7-5-8-18(3)13-14-25-22-10-6-9-20(16-22)23-12-11-21(24)15-19(23)4/h6,9-12,15-18H,5,7-8,13-14H2,1-4H3. The summed E-state index contributed by atoms with van der Waals surface area (Å²) in [6.07, 6.45) is 4.97. The van der Waals surface area contributed by atoms with Crippen molar-refractivity contribution >= 4 is 0 Å². The average Bonchev–Trinajstić information content (AvgIpc) is 2.55. The zero-order chi connectivity index (χ0) is 18.2. The van der Waals surface area contributed by atoms with E-state index in [1.165, 1.54) is 25.3 Å². The summed E-state index contributed by atoms with van der Waals surface area (Å²) < 4.78 is 19.2. The Morgan fingerprint density at radius 3 is 2.48 bits per heavy atom. The predicted octanol–water partition coefficient (Wildman–Crippen LogP) is 7.03. The molecule has 0 aromatic heterocycles. The summed E-state index contributed by atoms with van der Waals surface area (Å²) in [5, 5.41) is 0. The van der Waals surface area contributed by atoms with E-state index in [2.05, 4.69) is 20.8 Å². The number of benzene rings is 2. The van der Waals surface area contributed by atoms with Gasteiger partial charge < -0.3 is 4.74 Å². The minimum Gasteiger partial charge on any atom is -0.494 e. The van der Waals surface area contributed by atoms with E-state index in [4.69, 9.17) is 4.74 Å². The molecule has 2 aromatic carbocycles. The Bertz CT molecular complexity index is 663. The third-order valence-electron chi connectivity index (χ3n) is 4.69. The van der Waals surface area contributed by atoms with E-state index < -0.39 is 0 Å². The van der Waals surface area contributed by atoms with Gasteiger partial charge in [0.2, 0.25) is 0 Å². The lowest BCUT2D eigenvalue weighted by molar-refractivity contribution is 0.276. The van der Waals surface area contributed by atoms with E-state index in [-0.39, 0.29) is 5.82 Å². The van der Waals surface area contributed by atoms with Crippen molar-refractivity contribution in [3.05, 3.63) is 53.8 Å². The molecule has 0 radical (unpaired) electrons. The first kappa shape index (κ1) is 19.5. The topological polar surface area (TPSA) is 9.23 Å². The highest BCUT2D eigenvalue weighted by Gasteiger charge is 2.06. The Balaban J connectivity index is 1.87. The van der Waals surface area contributed by atoms with Crippen LogP contribution >= 0.6 is 0 Å². The van der Waals surface area contributed by atoms with Crippen LogP contribution in [0, 0.1) is 24.6 Å². The van der Waals surface area contributed by atoms with Gasteiger partial charge in [0.1, 0.15) is 11.6 Å².